The molecule has 0 radical (unpaired) electrons. The second-order valence-electron chi connectivity index (χ2n) is 6.26. The number of aromatic nitrogens is 3. The van der Waals surface area contributed by atoms with E-state index < -0.39 is 0 Å². The van der Waals surface area contributed by atoms with Crippen molar-refractivity contribution < 1.29 is 0 Å². The molecule has 0 aromatic carbocycles. The van der Waals surface area contributed by atoms with Gasteiger partial charge >= 0.3 is 0 Å². The molecule has 4 heteroatoms. The molecule has 0 amide bonds. The van der Waals surface area contributed by atoms with Crippen LogP contribution >= 0.6 is 0 Å². The third kappa shape index (κ3) is 3.13. The van der Waals surface area contributed by atoms with Crippen LogP contribution in [-0.4, -0.2) is 27.1 Å². The SMILES string of the molecule is CC(C)NCCc1nc2cnccc2n1C(C)(C)C. The average molecular weight is 260 g/mol. The number of hydrogen-bond donors (Lipinski definition) is 1. The molecule has 104 valence electrons. The van der Waals surface area contributed by atoms with E-state index in [4.69, 9.17) is 4.98 Å². The van der Waals surface area contributed by atoms with Gasteiger partial charge in [0.15, 0.2) is 0 Å². The second-order valence-corrected chi connectivity index (χ2v) is 6.26. The minimum atomic E-state index is 0.0310. The Morgan fingerprint density at radius 2 is 2.05 bits per heavy atom. The van der Waals surface area contributed by atoms with Gasteiger partial charge in [0.05, 0.1) is 11.7 Å². The monoisotopic (exact) mass is 260 g/mol. The lowest BCUT2D eigenvalue weighted by Crippen LogP contribution is -2.29. The van der Waals surface area contributed by atoms with E-state index in [9.17, 15) is 0 Å². The van der Waals surface area contributed by atoms with Crippen LogP contribution < -0.4 is 5.32 Å². The number of hydrogen-bond acceptors (Lipinski definition) is 3. The van der Waals surface area contributed by atoms with Gasteiger partial charge in [-0.1, -0.05) is 13.8 Å². The van der Waals surface area contributed by atoms with Gasteiger partial charge in [-0.15, -0.1) is 0 Å². The molecule has 0 bridgehead atoms. The number of nitrogens with one attached hydrogen (secondary N) is 1. The molecule has 2 heterocycles. The summed E-state index contributed by atoms with van der Waals surface area (Å²) in [6.07, 6.45) is 4.61. The summed E-state index contributed by atoms with van der Waals surface area (Å²) in [6, 6.07) is 2.56. The number of pyridine rings is 1. The van der Waals surface area contributed by atoms with Gasteiger partial charge in [0.1, 0.15) is 11.3 Å². The molecule has 0 saturated heterocycles. The Balaban J connectivity index is 2.36. The van der Waals surface area contributed by atoms with Crippen molar-refractivity contribution in [2.75, 3.05) is 6.54 Å². The van der Waals surface area contributed by atoms with Crippen molar-refractivity contribution in [1.82, 2.24) is 19.9 Å². The van der Waals surface area contributed by atoms with E-state index in [1.807, 2.05) is 18.5 Å². The molecule has 0 aliphatic rings. The molecule has 0 aliphatic heterocycles. The van der Waals surface area contributed by atoms with E-state index in [2.05, 4.69) is 49.5 Å². The maximum Gasteiger partial charge on any atom is 0.111 e. The maximum absolute atomic E-state index is 4.74. The predicted molar refractivity (Wildman–Crippen MR) is 79.4 cm³/mol. The molecule has 4 nitrogen and oxygen atoms in total. The van der Waals surface area contributed by atoms with Crippen molar-refractivity contribution >= 4 is 11.0 Å². The average Bonchev–Trinajstić information content (AvgIpc) is 2.66. The largest absolute Gasteiger partial charge is 0.322 e. The second kappa shape index (κ2) is 5.29. The molecular formula is C15H24N4. The Labute approximate surface area is 115 Å². The number of rotatable bonds is 4. The zero-order valence-corrected chi connectivity index (χ0v) is 12.6. The summed E-state index contributed by atoms with van der Waals surface area (Å²) in [5.41, 5.74) is 2.18. The molecule has 2 rings (SSSR count). The summed E-state index contributed by atoms with van der Waals surface area (Å²) >= 11 is 0. The first kappa shape index (κ1) is 14.0. The van der Waals surface area contributed by atoms with Crippen LogP contribution in [0, 0.1) is 0 Å². The Kier molecular flexibility index (Phi) is 3.90. The highest BCUT2D eigenvalue weighted by Crippen LogP contribution is 2.24. The van der Waals surface area contributed by atoms with Crippen LogP contribution in [0.25, 0.3) is 11.0 Å². The smallest absolute Gasteiger partial charge is 0.111 e. The van der Waals surface area contributed by atoms with Crippen LogP contribution in [0.15, 0.2) is 18.5 Å². The van der Waals surface area contributed by atoms with Gasteiger partial charge < -0.3 is 9.88 Å². The highest BCUT2D eigenvalue weighted by Gasteiger charge is 2.20. The van der Waals surface area contributed by atoms with Crippen molar-refractivity contribution in [3.8, 4) is 0 Å². The van der Waals surface area contributed by atoms with Crippen molar-refractivity contribution in [3.05, 3.63) is 24.3 Å². The van der Waals surface area contributed by atoms with E-state index in [0.717, 1.165) is 24.3 Å². The Bertz CT molecular complexity index is 549. The first-order valence-electron chi connectivity index (χ1n) is 6.95. The van der Waals surface area contributed by atoms with Crippen molar-refractivity contribution in [2.24, 2.45) is 0 Å². The van der Waals surface area contributed by atoms with E-state index in [0.29, 0.717) is 6.04 Å². The quantitative estimate of drug-likeness (QED) is 0.919. The number of imidazole rings is 1. The lowest BCUT2D eigenvalue weighted by atomic mass is 10.1. The van der Waals surface area contributed by atoms with Crippen molar-refractivity contribution in [3.63, 3.8) is 0 Å². The number of fused-ring (bicyclic) bond motifs is 1. The third-order valence-corrected chi connectivity index (χ3v) is 3.10. The van der Waals surface area contributed by atoms with E-state index >= 15 is 0 Å². The fourth-order valence-electron chi connectivity index (χ4n) is 2.37. The minimum Gasteiger partial charge on any atom is -0.322 e. The van der Waals surface area contributed by atoms with Gasteiger partial charge in [-0.3, -0.25) is 4.98 Å². The van der Waals surface area contributed by atoms with Crippen LogP contribution in [0.5, 0.6) is 0 Å². The fourth-order valence-corrected chi connectivity index (χ4v) is 2.37. The molecule has 0 unspecified atom stereocenters. The van der Waals surface area contributed by atoms with Crippen LogP contribution in [-0.2, 0) is 12.0 Å². The Hall–Kier alpha value is -1.42. The molecule has 0 atom stereocenters. The van der Waals surface area contributed by atoms with E-state index in [1.54, 1.807) is 0 Å². The van der Waals surface area contributed by atoms with Gasteiger partial charge in [0, 0.05) is 30.7 Å². The Morgan fingerprint density at radius 1 is 1.32 bits per heavy atom. The number of nitrogens with zero attached hydrogens (tertiary/aromatic N) is 3. The summed E-state index contributed by atoms with van der Waals surface area (Å²) in [4.78, 5) is 8.90. The van der Waals surface area contributed by atoms with Crippen molar-refractivity contribution in [2.45, 2.75) is 52.6 Å². The summed E-state index contributed by atoms with van der Waals surface area (Å²) < 4.78 is 2.33. The van der Waals surface area contributed by atoms with Crippen LogP contribution in [0.4, 0.5) is 0 Å². The first-order chi connectivity index (χ1) is 8.89. The lowest BCUT2D eigenvalue weighted by molar-refractivity contribution is 0.391. The normalized spacial score (nSPS) is 12.5. The summed E-state index contributed by atoms with van der Waals surface area (Å²) in [5, 5.41) is 3.45. The van der Waals surface area contributed by atoms with Gasteiger partial charge in [-0.2, -0.15) is 0 Å². The topological polar surface area (TPSA) is 42.7 Å². The van der Waals surface area contributed by atoms with Gasteiger partial charge in [-0.25, -0.2) is 4.98 Å². The molecule has 0 fully saturated rings. The Morgan fingerprint density at radius 3 is 2.68 bits per heavy atom. The van der Waals surface area contributed by atoms with Gasteiger partial charge in [0.25, 0.3) is 0 Å². The standard InChI is InChI=1S/C15H24N4/c1-11(2)17-9-7-14-18-12-10-16-8-6-13(12)19(14)15(3,4)5/h6,8,10-11,17H,7,9H2,1-5H3. The molecule has 0 saturated carbocycles. The summed E-state index contributed by atoms with van der Waals surface area (Å²) in [6.45, 7) is 11.9. The molecule has 2 aromatic heterocycles. The van der Waals surface area contributed by atoms with Crippen LogP contribution in [0.3, 0.4) is 0 Å². The highest BCUT2D eigenvalue weighted by molar-refractivity contribution is 5.75. The van der Waals surface area contributed by atoms with Gasteiger partial charge in [0.2, 0.25) is 0 Å². The minimum absolute atomic E-state index is 0.0310. The molecule has 1 N–H and O–H groups in total. The summed E-state index contributed by atoms with van der Waals surface area (Å²) in [5.74, 6) is 1.13. The van der Waals surface area contributed by atoms with Crippen molar-refractivity contribution in [1.29, 1.82) is 0 Å². The maximum atomic E-state index is 4.74. The van der Waals surface area contributed by atoms with E-state index in [1.165, 1.54) is 5.52 Å². The molecule has 2 aromatic rings. The van der Waals surface area contributed by atoms with Crippen LogP contribution in [0.1, 0.15) is 40.4 Å². The fraction of sp³-hybridized carbons (Fsp3) is 0.600. The molecule has 19 heavy (non-hydrogen) atoms. The molecule has 0 aliphatic carbocycles. The lowest BCUT2D eigenvalue weighted by Gasteiger charge is -2.24. The van der Waals surface area contributed by atoms with Crippen LogP contribution in [0.2, 0.25) is 0 Å². The molecule has 0 spiro atoms. The molecular weight excluding hydrogens is 236 g/mol. The predicted octanol–water partition coefficient (Wildman–Crippen LogP) is 2.73. The third-order valence-electron chi connectivity index (χ3n) is 3.10. The first-order valence-corrected chi connectivity index (χ1v) is 6.95. The zero-order valence-electron chi connectivity index (χ0n) is 12.6. The zero-order chi connectivity index (χ0) is 14.0. The summed E-state index contributed by atoms with van der Waals surface area (Å²) in [7, 11) is 0. The van der Waals surface area contributed by atoms with E-state index in [-0.39, 0.29) is 5.54 Å². The highest BCUT2D eigenvalue weighted by atomic mass is 15.1. The van der Waals surface area contributed by atoms with Gasteiger partial charge in [-0.05, 0) is 26.8 Å².